The van der Waals surface area contributed by atoms with Gasteiger partial charge in [-0.1, -0.05) is 0 Å². The van der Waals surface area contributed by atoms with Crippen molar-refractivity contribution < 1.29 is 9.53 Å². The number of thiophene rings is 1. The number of rotatable bonds is 2. The monoisotopic (exact) mass is 182 g/mol. The van der Waals surface area contributed by atoms with Gasteiger partial charge in [-0.2, -0.15) is 11.3 Å². The molecule has 1 aromatic rings. The van der Waals surface area contributed by atoms with Gasteiger partial charge in [0.15, 0.2) is 0 Å². The second-order valence-corrected chi connectivity index (χ2v) is 3.75. The van der Waals surface area contributed by atoms with Crippen LogP contribution in [0.15, 0.2) is 10.8 Å². The van der Waals surface area contributed by atoms with E-state index in [0.29, 0.717) is 5.92 Å². The Morgan fingerprint density at radius 3 is 2.92 bits per heavy atom. The minimum Gasteiger partial charge on any atom is -0.465 e. The summed E-state index contributed by atoms with van der Waals surface area (Å²) >= 11 is 1.58. The molecule has 2 rings (SSSR count). The number of hydrogen-bond donors (Lipinski definition) is 0. The average Bonchev–Trinajstić information content (AvgIpc) is 2.83. The second-order valence-electron chi connectivity index (χ2n) is 3.01. The molecule has 64 valence electrons. The number of carbonyl (C=O) groups excluding carboxylic acids is 1. The molecular weight excluding hydrogens is 172 g/mol. The lowest BCUT2D eigenvalue weighted by molar-refractivity contribution is 0.0600. The minimum absolute atomic E-state index is 0.196. The molecule has 0 bridgehead atoms. The summed E-state index contributed by atoms with van der Waals surface area (Å²) in [6.45, 7) is 0. The molecule has 0 saturated heterocycles. The molecular formula is C9H10O2S. The van der Waals surface area contributed by atoms with Crippen molar-refractivity contribution in [2.45, 2.75) is 18.8 Å². The van der Waals surface area contributed by atoms with Crippen LogP contribution in [0.3, 0.4) is 0 Å². The summed E-state index contributed by atoms with van der Waals surface area (Å²) in [4.78, 5) is 11.2. The van der Waals surface area contributed by atoms with E-state index in [1.54, 1.807) is 11.3 Å². The van der Waals surface area contributed by atoms with Crippen LogP contribution in [0.4, 0.5) is 0 Å². The third-order valence-corrected chi connectivity index (χ3v) is 2.88. The zero-order valence-electron chi connectivity index (χ0n) is 6.87. The van der Waals surface area contributed by atoms with Crippen molar-refractivity contribution in [2.75, 3.05) is 7.11 Å². The molecule has 0 atom stereocenters. The van der Waals surface area contributed by atoms with Gasteiger partial charge >= 0.3 is 5.97 Å². The van der Waals surface area contributed by atoms with Gasteiger partial charge in [-0.25, -0.2) is 4.79 Å². The molecule has 1 aromatic heterocycles. The van der Waals surface area contributed by atoms with E-state index in [-0.39, 0.29) is 5.97 Å². The molecule has 1 heterocycles. The summed E-state index contributed by atoms with van der Waals surface area (Å²) in [6, 6.07) is 0. The first kappa shape index (κ1) is 7.80. The Kier molecular flexibility index (Phi) is 1.89. The number of carbonyl (C=O) groups is 1. The van der Waals surface area contributed by atoms with Crippen LogP contribution in [0.2, 0.25) is 0 Å². The fourth-order valence-electron chi connectivity index (χ4n) is 1.29. The van der Waals surface area contributed by atoms with Gasteiger partial charge in [0.25, 0.3) is 0 Å². The lowest BCUT2D eigenvalue weighted by Gasteiger charge is -1.98. The van der Waals surface area contributed by atoms with Crippen molar-refractivity contribution in [3.63, 3.8) is 0 Å². The molecule has 1 aliphatic carbocycles. The van der Waals surface area contributed by atoms with Gasteiger partial charge in [-0.05, 0) is 29.7 Å². The van der Waals surface area contributed by atoms with Crippen molar-refractivity contribution in [3.05, 3.63) is 21.9 Å². The first-order chi connectivity index (χ1) is 5.83. The van der Waals surface area contributed by atoms with Gasteiger partial charge < -0.3 is 4.74 Å². The third kappa shape index (κ3) is 1.25. The number of ether oxygens (including phenoxy) is 1. The van der Waals surface area contributed by atoms with E-state index in [9.17, 15) is 4.79 Å². The molecule has 12 heavy (non-hydrogen) atoms. The van der Waals surface area contributed by atoms with Gasteiger partial charge in [0.2, 0.25) is 0 Å². The minimum atomic E-state index is -0.196. The van der Waals surface area contributed by atoms with Crippen molar-refractivity contribution in [1.29, 1.82) is 0 Å². The van der Waals surface area contributed by atoms with Gasteiger partial charge in [0.05, 0.1) is 12.7 Å². The molecule has 2 nitrogen and oxygen atoms in total. The standard InChI is InChI=1S/C9H10O2S/c1-11-9(10)8-5-12-4-7(8)6-2-3-6/h4-6H,2-3H2,1H3. The van der Waals surface area contributed by atoms with E-state index in [1.165, 1.54) is 25.5 Å². The first-order valence-corrected chi connectivity index (χ1v) is 4.91. The highest BCUT2D eigenvalue weighted by atomic mass is 32.1. The molecule has 1 fully saturated rings. The first-order valence-electron chi connectivity index (χ1n) is 3.97. The normalized spacial score (nSPS) is 16.1. The van der Waals surface area contributed by atoms with Crippen LogP contribution in [-0.2, 0) is 4.74 Å². The van der Waals surface area contributed by atoms with Gasteiger partial charge in [0, 0.05) is 5.38 Å². The number of esters is 1. The molecule has 0 N–H and O–H groups in total. The quantitative estimate of drug-likeness (QED) is 0.656. The molecule has 1 aliphatic rings. The Morgan fingerprint density at radius 1 is 1.58 bits per heavy atom. The van der Waals surface area contributed by atoms with Crippen molar-refractivity contribution in [1.82, 2.24) is 0 Å². The Balaban J connectivity index is 2.29. The molecule has 1 saturated carbocycles. The second kappa shape index (κ2) is 2.90. The summed E-state index contributed by atoms with van der Waals surface area (Å²) in [5.74, 6) is 0.434. The average molecular weight is 182 g/mol. The topological polar surface area (TPSA) is 26.3 Å². The fourth-order valence-corrected chi connectivity index (χ4v) is 2.20. The van der Waals surface area contributed by atoms with E-state index in [4.69, 9.17) is 0 Å². The maximum absolute atomic E-state index is 11.2. The molecule has 0 amide bonds. The summed E-state index contributed by atoms with van der Waals surface area (Å²) < 4.78 is 4.68. The van der Waals surface area contributed by atoms with Crippen LogP contribution in [-0.4, -0.2) is 13.1 Å². The maximum atomic E-state index is 11.2. The molecule has 0 aromatic carbocycles. The molecule has 0 spiro atoms. The fraction of sp³-hybridized carbons (Fsp3) is 0.444. The van der Waals surface area contributed by atoms with E-state index in [0.717, 1.165) is 5.56 Å². The Bertz CT molecular complexity index is 299. The summed E-state index contributed by atoms with van der Waals surface area (Å²) in [6.07, 6.45) is 2.45. The van der Waals surface area contributed by atoms with Crippen molar-refractivity contribution in [2.24, 2.45) is 0 Å². The molecule has 0 unspecified atom stereocenters. The zero-order chi connectivity index (χ0) is 8.55. The third-order valence-electron chi connectivity index (χ3n) is 2.11. The largest absolute Gasteiger partial charge is 0.465 e. The molecule has 0 aliphatic heterocycles. The Hall–Kier alpha value is -0.830. The van der Waals surface area contributed by atoms with Crippen LogP contribution >= 0.6 is 11.3 Å². The maximum Gasteiger partial charge on any atom is 0.338 e. The highest BCUT2D eigenvalue weighted by molar-refractivity contribution is 7.08. The van der Waals surface area contributed by atoms with E-state index in [2.05, 4.69) is 10.1 Å². The summed E-state index contributed by atoms with van der Waals surface area (Å²) in [5, 5.41) is 3.93. The Morgan fingerprint density at radius 2 is 2.33 bits per heavy atom. The lowest BCUT2D eigenvalue weighted by Crippen LogP contribution is -2.01. The molecule has 3 heteroatoms. The van der Waals surface area contributed by atoms with Gasteiger partial charge in [-0.15, -0.1) is 0 Å². The number of hydrogen-bond acceptors (Lipinski definition) is 3. The predicted molar refractivity (Wildman–Crippen MR) is 47.6 cm³/mol. The smallest absolute Gasteiger partial charge is 0.338 e. The Labute approximate surface area is 75.2 Å². The van der Waals surface area contributed by atoms with Crippen LogP contribution in [0.5, 0.6) is 0 Å². The SMILES string of the molecule is COC(=O)c1cscc1C1CC1. The number of methoxy groups -OCH3 is 1. The molecule has 0 radical (unpaired) electrons. The van der Waals surface area contributed by atoms with E-state index >= 15 is 0 Å². The van der Waals surface area contributed by atoms with Crippen LogP contribution in [0, 0.1) is 0 Å². The van der Waals surface area contributed by atoms with E-state index < -0.39 is 0 Å². The zero-order valence-corrected chi connectivity index (χ0v) is 7.69. The van der Waals surface area contributed by atoms with Gasteiger partial charge in [-0.3, -0.25) is 0 Å². The highest BCUT2D eigenvalue weighted by Crippen LogP contribution is 2.43. The van der Waals surface area contributed by atoms with Crippen LogP contribution in [0.1, 0.15) is 34.7 Å². The summed E-state index contributed by atoms with van der Waals surface area (Å²) in [7, 11) is 1.43. The summed E-state index contributed by atoms with van der Waals surface area (Å²) in [5.41, 5.74) is 1.96. The lowest BCUT2D eigenvalue weighted by atomic mass is 10.1. The van der Waals surface area contributed by atoms with Gasteiger partial charge in [0.1, 0.15) is 0 Å². The predicted octanol–water partition coefficient (Wildman–Crippen LogP) is 2.41. The van der Waals surface area contributed by atoms with E-state index in [1.807, 2.05) is 5.38 Å². The van der Waals surface area contributed by atoms with Crippen molar-refractivity contribution in [3.8, 4) is 0 Å². The van der Waals surface area contributed by atoms with Crippen molar-refractivity contribution >= 4 is 17.3 Å². The van der Waals surface area contributed by atoms with Crippen LogP contribution in [0.25, 0.3) is 0 Å². The van der Waals surface area contributed by atoms with Crippen LogP contribution < -0.4 is 0 Å². The highest BCUT2D eigenvalue weighted by Gasteiger charge is 2.28.